The topological polar surface area (TPSA) is 47.6 Å². The molecule has 0 fully saturated rings. The summed E-state index contributed by atoms with van der Waals surface area (Å²) in [5.41, 5.74) is 0.385. The lowest BCUT2D eigenvalue weighted by Gasteiger charge is -2.16. The Balaban J connectivity index is 2.02. The molecule has 1 amide bonds. The second-order valence-electron chi connectivity index (χ2n) is 4.41. The molecular weight excluding hydrogens is 273 g/mol. The number of ether oxygens (including phenoxy) is 2. The molecule has 1 atom stereocenters. The molecule has 0 saturated heterocycles. The summed E-state index contributed by atoms with van der Waals surface area (Å²) in [5.74, 6) is 0.238. The standard InChI is InChI=1S/C16H16FNO3/c1-11(21-15-9-4-3-8-14(15)20-2)16(19)18-13-7-5-6-12(17)10-13/h3-11H,1-2H3,(H,18,19)/t11-/m1/s1. The van der Waals surface area contributed by atoms with Gasteiger partial charge in [-0.05, 0) is 37.3 Å². The van der Waals surface area contributed by atoms with E-state index in [1.165, 1.54) is 25.3 Å². The molecular formula is C16H16FNO3. The van der Waals surface area contributed by atoms with Crippen LogP contribution in [-0.2, 0) is 4.79 Å². The van der Waals surface area contributed by atoms with E-state index in [1.54, 1.807) is 31.2 Å². The second-order valence-corrected chi connectivity index (χ2v) is 4.41. The minimum absolute atomic E-state index is 0.369. The van der Waals surface area contributed by atoms with E-state index in [0.717, 1.165) is 0 Å². The van der Waals surface area contributed by atoms with Gasteiger partial charge in [0.25, 0.3) is 5.91 Å². The summed E-state index contributed by atoms with van der Waals surface area (Å²) < 4.78 is 23.8. The highest BCUT2D eigenvalue weighted by Crippen LogP contribution is 2.27. The Labute approximate surface area is 122 Å². The molecule has 0 spiro atoms. The average molecular weight is 289 g/mol. The number of methoxy groups -OCH3 is 1. The number of carbonyl (C=O) groups is 1. The molecule has 4 nitrogen and oxygen atoms in total. The van der Waals surface area contributed by atoms with Crippen LogP contribution in [0.2, 0.25) is 0 Å². The normalized spacial score (nSPS) is 11.6. The Kier molecular flexibility index (Phi) is 4.77. The fraction of sp³-hybridized carbons (Fsp3) is 0.188. The molecule has 0 bridgehead atoms. The molecule has 2 rings (SSSR count). The van der Waals surface area contributed by atoms with Gasteiger partial charge in [-0.1, -0.05) is 18.2 Å². The predicted octanol–water partition coefficient (Wildman–Crippen LogP) is 3.24. The smallest absolute Gasteiger partial charge is 0.265 e. The van der Waals surface area contributed by atoms with E-state index in [9.17, 15) is 9.18 Å². The maximum atomic E-state index is 13.1. The maximum absolute atomic E-state index is 13.1. The largest absolute Gasteiger partial charge is 0.493 e. The van der Waals surface area contributed by atoms with E-state index in [4.69, 9.17) is 9.47 Å². The van der Waals surface area contributed by atoms with Gasteiger partial charge in [0.05, 0.1) is 7.11 Å². The van der Waals surface area contributed by atoms with Gasteiger partial charge in [-0.15, -0.1) is 0 Å². The van der Waals surface area contributed by atoms with Gasteiger partial charge in [-0.3, -0.25) is 4.79 Å². The second kappa shape index (κ2) is 6.74. The molecule has 0 aromatic heterocycles. The van der Waals surface area contributed by atoms with Crippen LogP contribution in [0.4, 0.5) is 10.1 Å². The predicted molar refractivity (Wildman–Crippen MR) is 78.1 cm³/mol. The van der Waals surface area contributed by atoms with Gasteiger partial charge in [0.15, 0.2) is 17.6 Å². The van der Waals surface area contributed by atoms with Crippen molar-refractivity contribution in [3.63, 3.8) is 0 Å². The van der Waals surface area contributed by atoms with E-state index < -0.39 is 11.9 Å². The minimum atomic E-state index is -0.746. The van der Waals surface area contributed by atoms with Gasteiger partial charge >= 0.3 is 0 Å². The number of benzene rings is 2. The molecule has 0 aliphatic rings. The molecule has 1 N–H and O–H groups in total. The highest BCUT2D eigenvalue weighted by Gasteiger charge is 2.16. The molecule has 5 heteroatoms. The van der Waals surface area contributed by atoms with Crippen molar-refractivity contribution in [3.05, 3.63) is 54.3 Å². The first-order valence-corrected chi connectivity index (χ1v) is 6.46. The fourth-order valence-electron chi connectivity index (χ4n) is 1.77. The number of rotatable bonds is 5. The number of amides is 1. The molecule has 0 radical (unpaired) electrons. The van der Waals surface area contributed by atoms with Crippen LogP contribution in [0.3, 0.4) is 0 Å². The zero-order valence-electron chi connectivity index (χ0n) is 11.8. The first kappa shape index (κ1) is 14.8. The average Bonchev–Trinajstić information content (AvgIpc) is 2.47. The van der Waals surface area contributed by atoms with E-state index in [-0.39, 0.29) is 5.91 Å². The summed E-state index contributed by atoms with van der Waals surface area (Å²) in [4.78, 5) is 12.0. The van der Waals surface area contributed by atoms with Crippen LogP contribution in [0.1, 0.15) is 6.92 Å². The molecule has 2 aromatic carbocycles. The lowest BCUT2D eigenvalue weighted by molar-refractivity contribution is -0.122. The molecule has 0 aliphatic heterocycles. The van der Waals surface area contributed by atoms with Crippen molar-refractivity contribution in [3.8, 4) is 11.5 Å². The highest BCUT2D eigenvalue weighted by molar-refractivity contribution is 5.94. The first-order chi connectivity index (χ1) is 10.1. The van der Waals surface area contributed by atoms with E-state index in [2.05, 4.69) is 5.32 Å². The van der Waals surface area contributed by atoms with Crippen molar-refractivity contribution in [2.24, 2.45) is 0 Å². The van der Waals surface area contributed by atoms with Gasteiger partial charge in [-0.25, -0.2) is 4.39 Å². The number of hydrogen-bond donors (Lipinski definition) is 1. The van der Waals surface area contributed by atoms with Crippen molar-refractivity contribution < 1.29 is 18.7 Å². The quantitative estimate of drug-likeness (QED) is 0.919. The zero-order chi connectivity index (χ0) is 15.2. The number of halogens is 1. The van der Waals surface area contributed by atoms with Gasteiger partial charge in [0, 0.05) is 5.69 Å². The molecule has 110 valence electrons. The third-order valence-electron chi connectivity index (χ3n) is 2.83. The van der Waals surface area contributed by atoms with E-state index in [1.807, 2.05) is 6.07 Å². The van der Waals surface area contributed by atoms with Crippen molar-refractivity contribution in [1.29, 1.82) is 0 Å². The third-order valence-corrected chi connectivity index (χ3v) is 2.83. The van der Waals surface area contributed by atoms with Gasteiger partial charge < -0.3 is 14.8 Å². The van der Waals surface area contributed by atoms with Crippen molar-refractivity contribution in [1.82, 2.24) is 0 Å². The van der Waals surface area contributed by atoms with E-state index in [0.29, 0.717) is 17.2 Å². The molecule has 2 aromatic rings. The minimum Gasteiger partial charge on any atom is -0.493 e. The van der Waals surface area contributed by atoms with Gasteiger partial charge in [0.2, 0.25) is 0 Å². The SMILES string of the molecule is COc1ccccc1O[C@H](C)C(=O)Nc1cccc(F)c1. The summed E-state index contributed by atoms with van der Waals surface area (Å²) >= 11 is 0. The zero-order valence-corrected chi connectivity index (χ0v) is 11.8. The molecule has 0 aliphatic carbocycles. The highest BCUT2D eigenvalue weighted by atomic mass is 19.1. The van der Waals surface area contributed by atoms with Crippen LogP contribution in [0.15, 0.2) is 48.5 Å². The number of anilines is 1. The maximum Gasteiger partial charge on any atom is 0.265 e. The number of para-hydroxylation sites is 2. The first-order valence-electron chi connectivity index (χ1n) is 6.46. The number of nitrogens with one attached hydrogen (secondary N) is 1. The summed E-state index contributed by atoms with van der Waals surface area (Å²) in [6, 6.07) is 12.7. The van der Waals surface area contributed by atoms with Crippen LogP contribution in [0, 0.1) is 5.82 Å². The third kappa shape index (κ3) is 3.95. The van der Waals surface area contributed by atoms with E-state index >= 15 is 0 Å². The van der Waals surface area contributed by atoms with Gasteiger partial charge in [0.1, 0.15) is 5.82 Å². The van der Waals surface area contributed by atoms with Gasteiger partial charge in [-0.2, -0.15) is 0 Å². The molecule has 21 heavy (non-hydrogen) atoms. The molecule has 0 saturated carbocycles. The van der Waals surface area contributed by atoms with Crippen LogP contribution in [0.25, 0.3) is 0 Å². The number of hydrogen-bond acceptors (Lipinski definition) is 3. The Morgan fingerprint density at radius 2 is 1.86 bits per heavy atom. The summed E-state index contributed by atoms with van der Waals surface area (Å²) in [6.07, 6.45) is -0.746. The van der Waals surface area contributed by atoms with Crippen LogP contribution in [0.5, 0.6) is 11.5 Å². The van der Waals surface area contributed by atoms with Crippen molar-refractivity contribution in [2.75, 3.05) is 12.4 Å². The van der Waals surface area contributed by atoms with Crippen LogP contribution in [-0.4, -0.2) is 19.1 Å². The summed E-state index contributed by atoms with van der Waals surface area (Å²) in [7, 11) is 1.53. The fourth-order valence-corrected chi connectivity index (χ4v) is 1.77. The Hall–Kier alpha value is -2.56. The number of carbonyl (C=O) groups excluding carboxylic acids is 1. The lowest BCUT2D eigenvalue weighted by atomic mass is 10.2. The monoisotopic (exact) mass is 289 g/mol. The molecule has 0 unspecified atom stereocenters. The van der Waals surface area contributed by atoms with Crippen LogP contribution < -0.4 is 14.8 Å². The van der Waals surface area contributed by atoms with Crippen molar-refractivity contribution in [2.45, 2.75) is 13.0 Å². The summed E-state index contributed by atoms with van der Waals surface area (Å²) in [5, 5.41) is 2.60. The van der Waals surface area contributed by atoms with Crippen LogP contribution >= 0.6 is 0 Å². The summed E-state index contributed by atoms with van der Waals surface area (Å²) in [6.45, 7) is 1.61. The Morgan fingerprint density at radius 1 is 1.14 bits per heavy atom. The van der Waals surface area contributed by atoms with Crippen molar-refractivity contribution >= 4 is 11.6 Å². The Morgan fingerprint density at radius 3 is 2.52 bits per heavy atom. The lowest BCUT2D eigenvalue weighted by Crippen LogP contribution is -2.30. The molecule has 0 heterocycles. The Bertz CT molecular complexity index is 630.